The number of fused-ring (bicyclic) bond motifs is 1. The number of allylic oxidation sites excluding steroid dienone is 2. The molecule has 0 N–H and O–H groups in total. The molecule has 3 heteroatoms. The molecule has 1 aromatic rings. The fourth-order valence-electron chi connectivity index (χ4n) is 3.40. The van der Waals surface area contributed by atoms with E-state index in [9.17, 15) is 4.79 Å². The molecule has 0 bridgehead atoms. The number of nitrogens with zero attached hydrogens (tertiary/aromatic N) is 1. The number of ether oxygens (including phenoxy) is 1. The van der Waals surface area contributed by atoms with E-state index >= 15 is 0 Å². The van der Waals surface area contributed by atoms with Gasteiger partial charge in [0.05, 0.1) is 0 Å². The van der Waals surface area contributed by atoms with Crippen molar-refractivity contribution in [2.24, 2.45) is 11.8 Å². The van der Waals surface area contributed by atoms with E-state index in [2.05, 4.69) is 20.8 Å². The van der Waals surface area contributed by atoms with Crippen molar-refractivity contribution in [3.63, 3.8) is 0 Å². The fraction of sp³-hybridized carbons (Fsp3) is 0.421. The van der Waals surface area contributed by atoms with E-state index in [1.165, 1.54) is 5.57 Å². The molecule has 0 unspecified atom stereocenters. The van der Waals surface area contributed by atoms with Crippen LogP contribution >= 0.6 is 0 Å². The van der Waals surface area contributed by atoms with Crippen molar-refractivity contribution >= 4 is 5.91 Å². The van der Waals surface area contributed by atoms with Gasteiger partial charge in [-0.3, -0.25) is 4.79 Å². The second-order valence-corrected chi connectivity index (χ2v) is 6.42. The largest absolute Gasteiger partial charge is 0.483 e. The van der Waals surface area contributed by atoms with Crippen LogP contribution in [0.4, 0.5) is 0 Å². The molecule has 0 aromatic heterocycles. The highest BCUT2D eigenvalue weighted by molar-refractivity contribution is 5.97. The third kappa shape index (κ3) is 2.68. The lowest BCUT2D eigenvalue weighted by Gasteiger charge is -2.32. The molecule has 1 aromatic carbocycles. The van der Waals surface area contributed by atoms with Crippen molar-refractivity contribution in [3.05, 3.63) is 59.0 Å². The zero-order valence-corrected chi connectivity index (χ0v) is 13.5. The minimum atomic E-state index is 0.0102. The van der Waals surface area contributed by atoms with Crippen LogP contribution in [0.2, 0.25) is 0 Å². The molecule has 0 radical (unpaired) electrons. The van der Waals surface area contributed by atoms with Gasteiger partial charge in [-0.05, 0) is 29.4 Å². The summed E-state index contributed by atoms with van der Waals surface area (Å²) in [5.74, 6) is 1.47. The lowest BCUT2D eigenvalue weighted by Crippen LogP contribution is -2.34. The lowest BCUT2D eigenvalue weighted by atomic mass is 9.84. The zero-order valence-electron chi connectivity index (χ0n) is 13.5. The van der Waals surface area contributed by atoms with Crippen molar-refractivity contribution in [2.45, 2.75) is 33.8 Å². The van der Waals surface area contributed by atoms with Crippen LogP contribution in [0.25, 0.3) is 0 Å². The Morgan fingerprint density at radius 1 is 1.27 bits per heavy atom. The molecule has 2 heterocycles. The van der Waals surface area contributed by atoms with Gasteiger partial charge in [-0.15, -0.1) is 0 Å². The summed E-state index contributed by atoms with van der Waals surface area (Å²) >= 11 is 0. The normalized spacial score (nSPS) is 21.3. The van der Waals surface area contributed by atoms with Crippen LogP contribution in [0, 0.1) is 11.8 Å². The number of carbonyl (C=O) groups excluding carboxylic acids is 1. The minimum absolute atomic E-state index is 0.0102. The first kappa shape index (κ1) is 14.9. The molecular formula is C19H23NO2. The van der Waals surface area contributed by atoms with Gasteiger partial charge in [-0.2, -0.15) is 0 Å². The van der Waals surface area contributed by atoms with Crippen molar-refractivity contribution in [2.75, 3.05) is 6.54 Å². The van der Waals surface area contributed by atoms with Gasteiger partial charge in [-0.1, -0.05) is 51.1 Å². The highest BCUT2D eigenvalue weighted by atomic mass is 16.5. The number of hydrogen-bond acceptors (Lipinski definition) is 2. The number of amides is 1. The fourth-order valence-corrected chi connectivity index (χ4v) is 3.40. The van der Waals surface area contributed by atoms with Crippen LogP contribution in [0.5, 0.6) is 0 Å². The van der Waals surface area contributed by atoms with Crippen LogP contribution in [-0.2, 0) is 16.1 Å². The van der Waals surface area contributed by atoms with E-state index in [-0.39, 0.29) is 5.91 Å². The van der Waals surface area contributed by atoms with Gasteiger partial charge in [0.1, 0.15) is 6.61 Å². The van der Waals surface area contributed by atoms with Crippen LogP contribution in [-0.4, -0.2) is 17.4 Å². The molecule has 22 heavy (non-hydrogen) atoms. The summed E-state index contributed by atoms with van der Waals surface area (Å²) in [5, 5.41) is 0. The molecule has 1 atom stereocenters. The topological polar surface area (TPSA) is 29.5 Å². The molecular weight excluding hydrogens is 274 g/mol. The first-order valence-corrected chi connectivity index (χ1v) is 8.02. The summed E-state index contributed by atoms with van der Waals surface area (Å²) in [4.78, 5) is 14.4. The van der Waals surface area contributed by atoms with E-state index in [1.54, 1.807) is 0 Å². The molecule has 0 aliphatic carbocycles. The Kier molecular flexibility index (Phi) is 4.06. The third-order valence-electron chi connectivity index (χ3n) is 4.49. The van der Waals surface area contributed by atoms with E-state index < -0.39 is 0 Å². The molecule has 0 spiro atoms. The summed E-state index contributed by atoms with van der Waals surface area (Å²) in [6.45, 7) is 7.88. The number of rotatable bonds is 4. The Balaban J connectivity index is 1.83. The van der Waals surface area contributed by atoms with Crippen LogP contribution < -0.4 is 0 Å². The molecule has 3 nitrogen and oxygen atoms in total. The van der Waals surface area contributed by atoms with E-state index in [4.69, 9.17) is 4.74 Å². The Hall–Kier alpha value is -2.03. The van der Waals surface area contributed by atoms with Gasteiger partial charge in [0.15, 0.2) is 5.76 Å². The summed E-state index contributed by atoms with van der Waals surface area (Å²) in [6, 6.07) is 9.95. The average molecular weight is 297 g/mol. The van der Waals surface area contributed by atoms with Crippen molar-refractivity contribution in [1.82, 2.24) is 4.90 Å². The standard InChI is InChI=1S/C19H23NO2/c1-13(2)18-14(3)9-10-20-16(18)11-17(19(20)21)22-12-15-7-5-4-6-8-15/h4-8,11,13-14H,9-10,12H2,1-3H3/t14-/m0/s1. The summed E-state index contributed by atoms with van der Waals surface area (Å²) in [5.41, 5.74) is 3.52. The first-order valence-electron chi connectivity index (χ1n) is 8.02. The van der Waals surface area contributed by atoms with Gasteiger partial charge in [0.2, 0.25) is 0 Å². The van der Waals surface area contributed by atoms with Gasteiger partial charge in [0.25, 0.3) is 5.91 Å². The van der Waals surface area contributed by atoms with Crippen LogP contribution in [0.15, 0.2) is 53.4 Å². The Bertz CT molecular complexity index is 628. The first-order chi connectivity index (χ1) is 10.6. The maximum absolute atomic E-state index is 12.5. The van der Waals surface area contributed by atoms with Crippen LogP contribution in [0.1, 0.15) is 32.8 Å². The maximum atomic E-state index is 12.5. The molecule has 2 aliphatic rings. The highest BCUT2D eigenvalue weighted by Crippen LogP contribution is 2.37. The van der Waals surface area contributed by atoms with E-state index in [0.717, 1.165) is 24.2 Å². The van der Waals surface area contributed by atoms with Crippen molar-refractivity contribution in [3.8, 4) is 0 Å². The zero-order chi connectivity index (χ0) is 15.7. The number of carbonyl (C=O) groups is 1. The van der Waals surface area contributed by atoms with Gasteiger partial charge < -0.3 is 9.64 Å². The Morgan fingerprint density at radius 3 is 2.68 bits per heavy atom. The summed E-state index contributed by atoms with van der Waals surface area (Å²) < 4.78 is 5.79. The molecule has 1 amide bonds. The number of hydrogen-bond donors (Lipinski definition) is 0. The SMILES string of the molecule is CC(C)C1=C2C=C(OCc3ccccc3)C(=O)N2CC[C@@H]1C. The molecule has 3 rings (SSSR count). The molecule has 2 aliphatic heterocycles. The predicted molar refractivity (Wildman–Crippen MR) is 86.7 cm³/mol. The average Bonchev–Trinajstić information content (AvgIpc) is 2.82. The molecule has 0 fully saturated rings. The van der Waals surface area contributed by atoms with Gasteiger partial charge >= 0.3 is 0 Å². The monoisotopic (exact) mass is 297 g/mol. The Labute approximate surface area is 132 Å². The third-order valence-corrected chi connectivity index (χ3v) is 4.49. The van der Waals surface area contributed by atoms with E-state index in [0.29, 0.717) is 24.2 Å². The van der Waals surface area contributed by atoms with Gasteiger partial charge in [-0.25, -0.2) is 0 Å². The second kappa shape index (κ2) is 5.99. The number of benzene rings is 1. The smallest absolute Gasteiger partial charge is 0.293 e. The van der Waals surface area contributed by atoms with Crippen LogP contribution in [0.3, 0.4) is 0 Å². The minimum Gasteiger partial charge on any atom is -0.483 e. The Morgan fingerprint density at radius 2 is 2.00 bits per heavy atom. The van der Waals surface area contributed by atoms with E-state index in [1.807, 2.05) is 41.3 Å². The van der Waals surface area contributed by atoms with Crippen molar-refractivity contribution < 1.29 is 9.53 Å². The second-order valence-electron chi connectivity index (χ2n) is 6.42. The quantitative estimate of drug-likeness (QED) is 0.844. The summed E-state index contributed by atoms with van der Waals surface area (Å²) in [7, 11) is 0. The molecule has 116 valence electrons. The summed E-state index contributed by atoms with van der Waals surface area (Å²) in [6.07, 6.45) is 2.97. The van der Waals surface area contributed by atoms with Crippen molar-refractivity contribution in [1.29, 1.82) is 0 Å². The lowest BCUT2D eigenvalue weighted by molar-refractivity contribution is -0.128. The predicted octanol–water partition coefficient (Wildman–Crippen LogP) is 3.88. The molecule has 0 saturated heterocycles. The highest BCUT2D eigenvalue weighted by Gasteiger charge is 2.36. The van der Waals surface area contributed by atoms with Gasteiger partial charge in [0, 0.05) is 18.3 Å². The maximum Gasteiger partial charge on any atom is 0.293 e. The molecule has 0 saturated carbocycles.